The number of hydrogen-bond acceptors (Lipinski definition) is 3. The summed E-state index contributed by atoms with van der Waals surface area (Å²) in [6.45, 7) is 4.71. The standard InChI is InChI=1S/C11H22N2O/c14-8-7-13-5-3-11(4-6-13)12-9-10-1-2-10/h10-12,14H,1-9H2. The van der Waals surface area contributed by atoms with Gasteiger partial charge in [-0.15, -0.1) is 0 Å². The third kappa shape index (κ3) is 3.23. The van der Waals surface area contributed by atoms with E-state index in [0.717, 1.165) is 31.6 Å². The molecule has 1 saturated carbocycles. The van der Waals surface area contributed by atoms with Gasteiger partial charge in [-0.05, 0) is 51.2 Å². The molecule has 0 aromatic carbocycles. The molecule has 2 aliphatic rings. The van der Waals surface area contributed by atoms with Crippen molar-refractivity contribution >= 4 is 0 Å². The van der Waals surface area contributed by atoms with Gasteiger partial charge < -0.3 is 15.3 Å². The lowest BCUT2D eigenvalue weighted by molar-refractivity contribution is 0.156. The summed E-state index contributed by atoms with van der Waals surface area (Å²) in [5.41, 5.74) is 0. The van der Waals surface area contributed by atoms with Crippen molar-refractivity contribution < 1.29 is 5.11 Å². The summed E-state index contributed by atoms with van der Waals surface area (Å²) < 4.78 is 0. The topological polar surface area (TPSA) is 35.5 Å². The van der Waals surface area contributed by atoms with E-state index in [1.165, 1.54) is 32.2 Å². The van der Waals surface area contributed by atoms with E-state index in [0.29, 0.717) is 6.61 Å². The normalized spacial score (nSPS) is 25.5. The first-order valence-electron chi connectivity index (χ1n) is 5.95. The van der Waals surface area contributed by atoms with Crippen molar-refractivity contribution in [2.24, 2.45) is 5.92 Å². The Morgan fingerprint density at radius 3 is 2.43 bits per heavy atom. The van der Waals surface area contributed by atoms with Gasteiger partial charge in [0.2, 0.25) is 0 Å². The van der Waals surface area contributed by atoms with Crippen LogP contribution in [0.4, 0.5) is 0 Å². The molecular weight excluding hydrogens is 176 g/mol. The van der Waals surface area contributed by atoms with E-state index in [-0.39, 0.29) is 0 Å². The van der Waals surface area contributed by atoms with Gasteiger partial charge >= 0.3 is 0 Å². The molecule has 0 radical (unpaired) electrons. The molecular formula is C11H22N2O. The minimum Gasteiger partial charge on any atom is -0.395 e. The number of β-amino-alcohol motifs (C(OH)–C–C–N with tert-alkyl or cyclic N) is 1. The molecule has 82 valence electrons. The van der Waals surface area contributed by atoms with Crippen LogP contribution >= 0.6 is 0 Å². The maximum atomic E-state index is 8.81. The molecule has 0 bridgehead atoms. The van der Waals surface area contributed by atoms with Crippen LogP contribution in [0.3, 0.4) is 0 Å². The Bertz CT molecular complexity index is 163. The van der Waals surface area contributed by atoms with Crippen LogP contribution in [-0.4, -0.2) is 48.8 Å². The van der Waals surface area contributed by atoms with Crippen LogP contribution in [0.1, 0.15) is 25.7 Å². The summed E-state index contributed by atoms with van der Waals surface area (Å²) in [6.07, 6.45) is 5.39. The second kappa shape index (κ2) is 5.10. The fraction of sp³-hybridized carbons (Fsp3) is 1.00. The molecule has 3 heteroatoms. The highest BCUT2D eigenvalue weighted by atomic mass is 16.3. The maximum absolute atomic E-state index is 8.81. The molecule has 1 saturated heterocycles. The van der Waals surface area contributed by atoms with Crippen LogP contribution in [0.2, 0.25) is 0 Å². The number of nitrogens with one attached hydrogen (secondary N) is 1. The monoisotopic (exact) mass is 198 g/mol. The summed E-state index contributed by atoms with van der Waals surface area (Å²) in [5, 5.41) is 12.5. The number of likely N-dealkylation sites (tertiary alicyclic amines) is 1. The van der Waals surface area contributed by atoms with E-state index in [2.05, 4.69) is 10.2 Å². The van der Waals surface area contributed by atoms with E-state index < -0.39 is 0 Å². The van der Waals surface area contributed by atoms with Crippen molar-refractivity contribution in [3.63, 3.8) is 0 Å². The van der Waals surface area contributed by atoms with Gasteiger partial charge in [0.15, 0.2) is 0 Å². The van der Waals surface area contributed by atoms with Gasteiger partial charge in [-0.25, -0.2) is 0 Å². The summed E-state index contributed by atoms with van der Waals surface area (Å²) in [5.74, 6) is 0.991. The van der Waals surface area contributed by atoms with Gasteiger partial charge in [-0.2, -0.15) is 0 Å². The van der Waals surface area contributed by atoms with Crippen LogP contribution in [0.15, 0.2) is 0 Å². The van der Waals surface area contributed by atoms with E-state index in [4.69, 9.17) is 5.11 Å². The highest BCUT2D eigenvalue weighted by Gasteiger charge is 2.24. The van der Waals surface area contributed by atoms with Crippen molar-refractivity contribution in [2.45, 2.75) is 31.7 Å². The molecule has 3 nitrogen and oxygen atoms in total. The Hall–Kier alpha value is -0.120. The molecule has 1 heterocycles. The third-order valence-corrected chi connectivity index (χ3v) is 3.40. The van der Waals surface area contributed by atoms with Crippen LogP contribution < -0.4 is 5.32 Å². The van der Waals surface area contributed by atoms with E-state index in [1.807, 2.05) is 0 Å². The summed E-state index contributed by atoms with van der Waals surface area (Å²) in [4.78, 5) is 2.36. The van der Waals surface area contributed by atoms with Crippen molar-refractivity contribution in [2.75, 3.05) is 32.8 Å². The molecule has 0 aromatic heterocycles. The predicted molar refractivity (Wildman–Crippen MR) is 57.3 cm³/mol. The molecule has 1 aliphatic heterocycles. The summed E-state index contributed by atoms with van der Waals surface area (Å²) in [6, 6.07) is 0.741. The average Bonchev–Trinajstić information content (AvgIpc) is 3.01. The number of aliphatic hydroxyl groups is 1. The first-order valence-corrected chi connectivity index (χ1v) is 5.95. The van der Waals surface area contributed by atoms with Crippen LogP contribution in [0.25, 0.3) is 0 Å². The molecule has 0 atom stereocenters. The Balaban J connectivity index is 1.57. The van der Waals surface area contributed by atoms with Gasteiger partial charge in [0.25, 0.3) is 0 Å². The highest BCUT2D eigenvalue weighted by Crippen LogP contribution is 2.28. The third-order valence-electron chi connectivity index (χ3n) is 3.40. The Morgan fingerprint density at radius 2 is 1.86 bits per heavy atom. The molecule has 2 fully saturated rings. The van der Waals surface area contributed by atoms with Crippen molar-refractivity contribution in [3.05, 3.63) is 0 Å². The Morgan fingerprint density at radius 1 is 1.14 bits per heavy atom. The number of nitrogens with zero attached hydrogens (tertiary/aromatic N) is 1. The summed E-state index contributed by atoms with van der Waals surface area (Å²) >= 11 is 0. The molecule has 0 unspecified atom stereocenters. The van der Waals surface area contributed by atoms with Crippen molar-refractivity contribution in [1.82, 2.24) is 10.2 Å². The van der Waals surface area contributed by atoms with E-state index in [1.54, 1.807) is 0 Å². The lowest BCUT2D eigenvalue weighted by Gasteiger charge is -2.32. The largest absolute Gasteiger partial charge is 0.395 e. The van der Waals surface area contributed by atoms with E-state index in [9.17, 15) is 0 Å². The molecule has 0 spiro atoms. The van der Waals surface area contributed by atoms with Gasteiger partial charge in [0.05, 0.1) is 6.61 Å². The fourth-order valence-electron chi connectivity index (χ4n) is 2.16. The lowest BCUT2D eigenvalue weighted by Crippen LogP contribution is -2.43. The van der Waals surface area contributed by atoms with Crippen molar-refractivity contribution in [1.29, 1.82) is 0 Å². The van der Waals surface area contributed by atoms with Crippen LogP contribution in [0.5, 0.6) is 0 Å². The van der Waals surface area contributed by atoms with Gasteiger partial charge in [-0.1, -0.05) is 0 Å². The number of rotatable bonds is 5. The molecule has 2 rings (SSSR count). The second-order valence-electron chi connectivity index (χ2n) is 4.69. The predicted octanol–water partition coefficient (Wildman–Crippen LogP) is 0.443. The maximum Gasteiger partial charge on any atom is 0.0558 e. The number of hydrogen-bond donors (Lipinski definition) is 2. The zero-order valence-corrected chi connectivity index (χ0v) is 8.91. The Kier molecular flexibility index (Phi) is 3.79. The second-order valence-corrected chi connectivity index (χ2v) is 4.69. The molecule has 0 aromatic rings. The lowest BCUT2D eigenvalue weighted by atomic mass is 10.1. The highest BCUT2D eigenvalue weighted by molar-refractivity contribution is 4.81. The minimum absolute atomic E-state index is 0.306. The van der Waals surface area contributed by atoms with Crippen LogP contribution in [-0.2, 0) is 0 Å². The molecule has 2 N–H and O–H groups in total. The van der Waals surface area contributed by atoms with Gasteiger partial charge in [0.1, 0.15) is 0 Å². The summed E-state index contributed by atoms with van der Waals surface area (Å²) in [7, 11) is 0. The Labute approximate surface area is 86.5 Å². The number of aliphatic hydroxyl groups excluding tert-OH is 1. The minimum atomic E-state index is 0.306. The number of piperidine rings is 1. The first-order chi connectivity index (χ1) is 6.88. The average molecular weight is 198 g/mol. The van der Waals surface area contributed by atoms with Crippen molar-refractivity contribution in [3.8, 4) is 0 Å². The van der Waals surface area contributed by atoms with Crippen LogP contribution in [0, 0.1) is 5.92 Å². The molecule has 14 heavy (non-hydrogen) atoms. The zero-order chi connectivity index (χ0) is 9.80. The quantitative estimate of drug-likeness (QED) is 0.673. The van der Waals surface area contributed by atoms with Gasteiger partial charge in [0, 0.05) is 12.6 Å². The SMILES string of the molecule is OCCN1CCC(NCC2CC2)CC1. The molecule has 1 aliphatic carbocycles. The molecule has 0 amide bonds. The smallest absolute Gasteiger partial charge is 0.0558 e. The zero-order valence-electron chi connectivity index (χ0n) is 8.91. The van der Waals surface area contributed by atoms with Gasteiger partial charge in [-0.3, -0.25) is 0 Å². The van der Waals surface area contributed by atoms with E-state index >= 15 is 0 Å². The fourth-order valence-corrected chi connectivity index (χ4v) is 2.16. The first kappa shape index (κ1) is 10.4.